The first-order chi connectivity index (χ1) is 12.4. The van der Waals surface area contributed by atoms with E-state index in [9.17, 15) is 4.79 Å². The number of aryl methyl sites for hydroxylation is 3. The number of aromatic nitrogens is 2. The fourth-order valence-electron chi connectivity index (χ4n) is 3.76. The third kappa shape index (κ3) is 3.36. The minimum absolute atomic E-state index is 0.0285. The molecule has 1 aliphatic carbocycles. The monoisotopic (exact) mass is 407 g/mol. The van der Waals surface area contributed by atoms with Gasteiger partial charge in [0.05, 0.1) is 22.1 Å². The molecular weight excluding hydrogens is 389 g/mol. The quantitative estimate of drug-likeness (QED) is 0.656. The second-order valence-corrected chi connectivity index (χ2v) is 9.06. The van der Waals surface area contributed by atoms with Crippen LogP contribution in [-0.4, -0.2) is 21.9 Å². The van der Waals surface area contributed by atoms with Gasteiger partial charge in [0, 0.05) is 32.5 Å². The summed E-state index contributed by atoms with van der Waals surface area (Å²) in [4.78, 5) is 21.5. The Morgan fingerprint density at radius 3 is 2.92 bits per heavy atom. The Labute approximate surface area is 165 Å². The van der Waals surface area contributed by atoms with Crippen LogP contribution in [0.2, 0.25) is 10.0 Å². The molecule has 2 N–H and O–H groups in total. The van der Waals surface area contributed by atoms with Crippen LogP contribution in [0.25, 0.3) is 10.9 Å². The Morgan fingerprint density at radius 1 is 1.38 bits per heavy atom. The van der Waals surface area contributed by atoms with Gasteiger partial charge in [0.2, 0.25) is 5.91 Å². The first-order valence-electron chi connectivity index (χ1n) is 8.61. The van der Waals surface area contributed by atoms with Crippen LogP contribution in [0.4, 0.5) is 0 Å². The molecule has 1 amide bonds. The van der Waals surface area contributed by atoms with E-state index in [2.05, 4.69) is 15.3 Å². The number of carbonyl (C=O) groups is 1. The van der Waals surface area contributed by atoms with Gasteiger partial charge in [-0.25, -0.2) is 4.98 Å². The summed E-state index contributed by atoms with van der Waals surface area (Å²) in [7, 11) is 0. The minimum atomic E-state index is 0.0285. The van der Waals surface area contributed by atoms with E-state index in [0.717, 1.165) is 45.7 Å². The molecule has 2 aromatic heterocycles. The molecule has 7 heteroatoms. The molecule has 0 unspecified atom stereocenters. The van der Waals surface area contributed by atoms with E-state index < -0.39 is 0 Å². The van der Waals surface area contributed by atoms with Gasteiger partial charge in [0.25, 0.3) is 0 Å². The van der Waals surface area contributed by atoms with Crippen LogP contribution in [0.15, 0.2) is 12.1 Å². The Bertz CT molecular complexity index is 1010. The first-order valence-corrected chi connectivity index (χ1v) is 10.2. The summed E-state index contributed by atoms with van der Waals surface area (Å²) in [5.41, 5.74) is 4.24. The van der Waals surface area contributed by atoms with Gasteiger partial charge in [0.15, 0.2) is 0 Å². The Hall–Kier alpha value is -1.56. The van der Waals surface area contributed by atoms with E-state index in [0.29, 0.717) is 16.5 Å². The Balaban J connectivity index is 1.51. The van der Waals surface area contributed by atoms with Crippen LogP contribution < -0.4 is 5.32 Å². The molecule has 0 bridgehead atoms. The summed E-state index contributed by atoms with van der Waals surface area (Å²) in [6.45, 7) is 3.98. The zero-order valence-corrected chi connectivity index (χ0v) is 16.9. The first kappa shape index (κ1) is 17.8. The number of nitrogens with zero attached hydrogens (tertiary/aromatic N) is 1. The van der Waals surface area contributed by atoms with Crippen molar-refractivity contribution in [3.63, 3.8) is 0 Å². The van der Waals surface area contributed by atoms with Gasteiger partial charge in [-0.1, -0.05) is 23.2 Å². The number of fused-ring (bicyclic) bond motifs is 3. The Morgan fingerprint density at radius 2 is 2.19 bits per heavy atom. The van der Waals surface area contributed by atoms with Gasteiger partial charge in [-0.15, -0.1) is 11.3 Å². The number of amides is 1. The van der Waals surface area contributed by atoms with Crippen molar-refractivity contribution in [2.45, 2.75) is 45.6 Å². The van der Waals surface area contributed by atoms with Gasteiger partial charge in [-0.05, 0) is 50.8 Å². The van der Waals surface area contributed by atoms with Crippen LogP contribution in [0.1, 0.15) is 33.3 Å². The normalized spacial score (nSPS) is 16.7. The molecule has 4 nitrogen and oxygen atoms in total. The fraction of sp³-hybridized carbons (Fsp3) is 0.368. The van der Waals surface area contributed by atoms with Crippen molar-refractivity contribution in [3.05, 3.63) is 49.0 Å². The highest BCUT2D eigenvalue weighted by molar-refractivity contribution is 7.11. The maximum Gasteiger partial charge on any atom is 0.226 e. The number of carbonyl (C=O) groups excluding carboxylic acids is 1. The molecule has 2 heterocycles. The molecule has 0 aliphatic heterocycles. The predicted octanol–water partition coefficient (Wildman–Crippen LogP) is 4.76. The summed E-state index contributed by atoms with van der Waals surface area (Å²) < 4.78 is 0. The minimum Gasteiger partial charge on any atom is -0.358 e. The summed E-state index contributed by atoms with van der Waals surface area (Å²) in [5, 5.41) is 6.48. The lowest BCUT2D eigenvalue weighted by Crippen LogP contribution is -2.39. The highest BCUT2D eigenvalue weighted by atomic mass is 35.5. The van der Waals surface area contributed by atoms with Crippen molar-refractivity contribution in [1.29, 1.82) is 0 Å². The van der Waals surface area contributed by atoms with Gasteiger partial charge in [-0.3, -0.25) is 4.79 Å². The highest BCUT2D eigenvalue weighted by Gasteiger charge is 2.25. The Kier molecular flexibility index (Phi) is 4.71. The van der Waals surface area contributed by atoms with Gasteiger partial charge in [0.1, 0.15) is 0 Å². The van der Waals surface area contributed by atoms with Crippen LogP contribution in [0.3, 0.4) is 0 Å². The van der Waals surface area contributed by atoms with E-state index in [1.807, 2.05) is 19.9 Å². The summed E-state index contributed by atoms with van der Waals surface area (Å²) in [6, 6.07) is 3.79. The molecule has 4 rings (SSSR count). The maximum atomic E-state index is 12.5. The predicted molar refractivity (Wildman–Crippen MR) is 108 cm³/mol. The second kappa shape index (κ2) is 6.87. The summed E-state index contributed by atoms with van der Waals surface area (Å²) >= 11 is 14.2. The number of rotatable bonds is 3. The summed E-state index contributed by atoms with van der Waals surface area (Å²) in [6.07, 6.45) is 2.91. The number of aromatic amines is 1. The van der Waals surface area contributed by atoms with Crippen molar-refractivity contribution >= 4 is 51.3 Å². The molecule has 1 aliphatic rings. The SMILES string of the molecule is Cc1nc(CC(=O)N[C@@H]2CCc3[nH]c4cc(Cl)cc(Cl)c4c3C2)c(C)s1. The van der Waals surface area contributed by atoms with Crippen LogP contribution >= 0.6 is 34.5 Å². The number of hydrogen-bond acceptors (Lipinski definition) is 3. The molecule has 136 valence electrons. The number of halogens is 2. The number of nitrogens with one attached hydrogen (secondary N) is 2. The van der Waals surface area contributed by atoms with Gasteiger partial charge in [-0.2, -0.15) is 0 Å². The molecule has 26 heavy (non-hydrogen) atoms. The lowest BCUT2D eigenvalue weighted by molar-refractivity contribution is -0.121. The van der Waals surface area contributed by atoms with E-state index in [-0.39, 0.29) is 11.9 Å². The average molecular weight is 408 g/mol. The molecule has 0 fully saturated rings. The van der Waals surface area contributed by atoms with E-state index in [1.165, 1.54) is 11.3 Å². The van der Waals surface area contributed by atoms with Gasteiger partial charge < -0.3 is 10.3 Å². The lowest BCUT2D eigenvalue weighted by Gasteiger charge is -2.23. The molecule has 3 aromatic rings. The van der Waals surface area contributed by atoms with Crippen molar-refractivity contribution < 1.29 is 4.79 Å². The third-order valence-corrected chi connectivity index (χ3v) is 6.34. The zero-order valence-electron chi connectivity index (χ0n) is 14.6. The molecule has 1 aromatic carbocycles. The number of benzene rings is 1. The maximum absolute atomic E-state index is 12.5. The van der Waals surface area contributed by atoms with Crippen molar-refractivity contribution in [3.8, 4) is 0 Å². The van der Waals surface area contributed by atoms with Gasteiger partial charge >= 0.3 is 0 Å². The molecule has 0 radical (unpaired) electrons. The largest absolute Gasteiger partial charge is 0.358 e. The van der Waals surface area contributed by atoms with Crippen LogP contribution in [-0.2, 0) is 24.1 Å². The zero-order chi connectivity index (χ0) is 18.4. The van der Waals surface area contributed by atoms with E-state index in [4.69, 9.17) is 23.2 Å². The standard InChI is InChI=1S/C19H19Cl2N3OS/c1-9-16(22-10(2)26-9)8-18(25)23-12-3-4-15-13(7-12)19-14(21)5-11(20)6-17(19)24-15/h5-6,12,24H,3-4,7-8H2,1-2H3,(H,23,25)/t12-/m1/s1. The molecule has 0 saturated heterocycles. The van der Waals surface area contributed by atoms with E-state index in [1.54, 1.807) is 17.4 Å². The average Bonchev–Trinajstić information content (AvgIpc) is 3.06. The summed E-state index contributed by atoms with van der Waals surface area (Å²) in [5.74, 6) is 0.0285. The van der Waals surface area contributed by atoms with Crippen molar-refractivity contribution in [1.82, 2.24) is 15.3 Å². The molecule has 0 saturated carbocycles. The number of H-pyrrole nitrogens is 1. The molecule has 1 atom stereocenters. The van der Waals surface area contributed by atoms with Crippen LogP contribution in [0.5, 0.6) is 0 Å². The number of thiazole rings is 1. The number of hydrogen-bond donors (Lipinski definition) is 2. The second-order valence-electron chi connectivity index (χ2n) is 6.81. The third-order valence-electron chi connectivity index (χ3n) is 4.89. The fourth-order valence-corrected chi connectivity index (χ4v) is 5.21. The van der Waals surface area contributed by atoms with Crippen LogP contribution in [0, 0.1) is 13.8 Å². The smallest absolute Gasteiger partial charge is 0.226 e. The molecular formula is C19H19Cl2N3OS. The van der Waals surface area contributed by atoms with Crippen molar-refractivity contribution in [2.24, 2.45) is 0 Å². The topological polar surface area (TPSA) is 57.8 Å². The van der Waals surface area contributed by atoms with Crippen molar-refractivity contribution in [2.75, 3.05) is 0 Å². The highest BCUT2D eigenvalue weighted by Crippen LogP contribution is 2.35. The molecule has 0 spiro atoms. The van der Waals surface area contributed by atoms with E-state index >= 15 is 0 Å². The lowest BCUT2D eigenvalue weighted by atomic mass is 9.91.